The summed E-state index contributed by atoms with van der Waals surface area (Å²) in [4.78, 5) is 11.1. The number of amides is 1. The third kappa shape index (κ3) is 7.72. The van der Waals surface area contributed by atoms with E-state index < -0.39 is 0 Å². The van der Waals surface area contributed by atoms with Crippen LogP contribution in [0.3, 0.4) is 0 Å². The maximum Gasteiger partial charge on any atom is 0.219 e. The molecule has 0 radical (unpaired) electrons. The Morgan fingerprint density at radius 3 is 2.06 bits per heavy atom. The van der Waals surface area contributed by atoms with E-state index in [1.54, 1.807) is 0 Å². The second-order valence-corrected chi connectivity index (χ2v) is 3.79. The van der Waals surface area contributed by atoms with Crippen LogP contribution >= 0.6 is 0 Å². The summed E-state index contributed by atoms with van der Waals surface area (Å²) in [5.41, 5.74) is 0. The third-order valence-electron chi connectivity index (χ3n) is 2.78. The lowest BCUT2D eigenvalue weighted by molar-refractivity contribution is -0.122. The van der Waals surface area contributed by atoms with Crippen LogP contribution in [0.25, 0.3) is 0 Å². The van der Waals surface area contributed by atoms with Crippen LogP contribution in [0, 0.1) is 5.92 Å². The van der Waals surface area contributed by atoms with E-state index in [0.717, 1.165) is 0 Å². The average Bonchev–Trinajstić information content (AvgIpc) is 2.37. The molecule has 1 fully saturated rings. The number of carbonyl (C=O) groups excluding carboxylic acids is 1. The second kappa shape index (κ2) is 12.5. The fourth-order valence-electron chi connectivity index (χ4n) is 1.84. The molecule has 2 unspecified atom stereocenters. The zero-order chi connectivity index (χ0) is 13.0. The summed E-state index contributed by atoms with van der Waals surface area (Å²) < 4.78 is 0. The van der Waals surface area contributed by atoms with Crippen molar-refractivity contribution in [1.29, 1.82) is 0 Å². The van der Waals surface area contributed by atoms with E-state index >= 15 is 0 Å². The summed E-state index contributed by atoms with van der Waals surface area (Å²) in [6.07, 6.45) is 5.67. The lowest BCUT2D eigenvalue weighted by atomic mass is 9.86. The minimum Gasteiger partial charge on any atom is -0.353 e. The first-order valence-corrected chi connectivity index (χ1v) is 7.03. The molecule has 16 heavy (non-hydrogen) atoms. The van der Waals surface area contributed by atoms with Gasteiger partial charge in [-0.1, -0.05) is 54.4 Å². The second-order valence-electron chi connectivity index (χ2n) is 3.79. The van der Waals surface area contributed by atoms with E-state index in [1.165, 1.54) is 25.7 Å². The van der Waals surface area contributed by atoms with Crippen molar-refractivity contribution in [2.75, 3.05) is 0 Å². The molecule has 0 bridgehead atoms. The zero-order valence-corrected chi connectivity index (χ0v) is 12.1. The molecule has 1 saturated carbocycles. The fraction of sp³-hybridized carbons (Fsp3) is 0.929. The molecular formula is C14H31NO. The molecule has 98 valence electrons. The van der Waals surface area contributed by atoms with E-state index in [4.69, 9.17) is 0 Å². The van der Waals surface area contributed by atoms with Crippen molar-refractivity contribution in [1.82, 2.24) is 5.32 Å². The summed E-state index contributed by atoms with van der Waals surface area (Å²) in [6, 6.07) is 0.450. The van der Waals surface area contributed by atoms with Crippen molar-refractivity contribution < 1.29 is 4.79 Å². The molecule has 0 saturated heterocycles. The summed E-state index contributed by atoms with van der Waals surface area (Å²) in [5, 5.41) is 3.08. The maximum absolute atomic E-state index is 11.1. The average molecular weight is 229 g/mol. The van der Waals surface area contributed by atoms with E-state index in [1.807, 2.05) is 34.6 Å². The largest absolute Gasteiger partial charge is 0.353 e. The summed E-state index contributed by atoms with van der Waals surface area (Å²) in [5.74, 6) is 0.878. The number of rotatable bonds is 2. The Kier molecular flexibility index (Phi) is 14.0. The van der Waals surface area contributed by atoms with Gasteiger partial charge in [0, 0.05) is 12.5 Å². The van der Waals surface area contributed by atoms with Crippen molar-refractivity contribution in [3.63, 3.8) is 0 Å². The first kappa shape index (κ1) is 17.9. The summed E-state index contributed by atoms with van der Waals surface area (Å²) in [7, 11) is 0. The predicted molar refractivity (Wildman–Crippen MR) is 72.5 cm³/mol. The molecule has 1 aliphatic carbocycles. The number of nitrogens with one attached hydrogen (secondary N) is 1. The molecule has 1 N–H and O–H groups in total. The minimum atomic E-state index is 0.203. The van der Waals surface area contributed by atoms with Gasteiger partial charge in [-0.3, -0.25) is 4.79 Å². The van der Waals surface area contributed by atoms with Crippen LogP contribution in [0.4, 0.5) is 0 Å². The maximum atomic E-state index is 11.1. The highest BCUT2D eigenvalue weighted by atomic mass is 16.1. The van der Waals surface area contributed by atoms with Gasteiger partial charge >= 0.3 is 0 Å². The van der Waals surface area contributed by atoms with Gasteiger partial charge in [-0.05, 0) is 18.8 Å². The van der Waals surface area contributed by atoms with Gasteiger partial charge in [0.2, 0.25) is 5.91 Å². The van der Waals surface area contributed by atoms with Gasteiger partial charge in [0.25, 0.3) is 0 Å². The van der Waals surface area contributed by atoms with Gasteiger partial charge in [0.15, 0.2) is 0 Å². The van der Waals surface area contributed by atoms with E-state index in [-0.39, 0.29) is 5.91 Å². The van der Waals surface area contributed by atoms with Gasteiger partial charge in [-0.25, -0.2) is 0 Å². The molecule has 2 atom stereocenters. The smallest absolute Gasteiger partial charge is 0.219 e. The van der Waals surface area contributed by atoms with Crippen LogP contribution in [-0.2, 0) is 4.79 Å². The van der Waals surface area contributed by atoms with E-state index in [2.05, 4.69) is 12.2 Å². The summed E-state index contributed by atoms with van der Waals surface area (Å²) >= 11 is 0. The molecule has 2 heteroatoms. The van der Waals surface area contributed by atoms with Crippen molar-refractivity contribution >= 4 is 5.91 Å². The molecule has 0 aliphatic heterocycles. The van der Waals surface area contributed by atoms with Gasteiger partial charge in [0.1, 0.15) is 0 Å². The standard InChI is InChI=1S/C10H19NO.2C2H6/c1-3-10(12)11-9-7-5-4-6-8(9)2;2*1-2/h8-9H,3-7H2,1-2H3,(H,11,12);2*1-2H3. The van der Waals surface area contributed by atoms with Crippen LogP contribution in [0.15, 0.2) is 0 Å². The van der Waals surface area contributed by atoms with Crippen LogP contribution < -0.4 is 5.32 Å². The molecule has 0 aromatic rings. The number of carbonyl (C=O) groups is 1. The van der Waals surface area contributed by atoms with Gasteiger partial charge < -0.3 is 5.32 Å². The van der Waals surface area contributed by atoms with Crippen LogP contribution in [0.2, 0.25) is 0 Å². The first-order chi connectivity index (χ1) is 7.74. The topological polar surface area (TPSA) is 29.1 Å². The Morgan fingerprint density at radius 2 is 1.62 bits per heavy atom. The van der Waals surface area contributed by atoms with Crippen molar-refractivity contribution in [3.8, 4) is 0 Å². The Morgan fingerprint density at radius 1 is 1.12 bits per heavy atom. The van der Waals surface area contributed by atoms with Gasteiger partial charge in [-0.2, -0.15) is 0 Å². The fourth-order valence-corrected chi connectivity index (χ4v) is 1.84. The van der Waals surface area contributed by atoms with Crippen molar-refractivity contribution in [2.24, 2.45) is 5.92 Å². The molecule has 0 heterocycles. The lowest BCUT2D eigenvalue weighted by Gasteiger charge is -2.29. The predicted octanol–water partition coefficient (Wildman–Crippen LogP) is 4.14. The minimum absolute atomic E-state index is 0.203. The number of hydrogen-bond donors (Lipinski definition) is 1. The van der Waals surface area contributed by atoms with Gasteiger partial charge in [0.05, 0.1) is 0 Å². The van der Waals surface area contributed by atoms with Gasteiger partial charge in [-0.15, -0.1) is 0 Å². The van der Waals surface area contributed by atoms with Crippen LogP contribution in [0.1, 0.15) is 73.6 Å². The van der Waals surface area contributed by atoms with Crippen molar-refractivity contribution in [3.05, 3.63) is 0 Å². The SMILES string of the molecule is CC.CC.CCC(=O)NC1CCCCC1C. The van der Waals surface area contributed by atoms with Crippen LogP contribution in [-0.4, -0.2) is 11.9 Å². The molecule has 1 amide bonds. The highest BCUT2D eigenvalue weighted by Gasteiger charge is 2.21. The van der Waals surface area contributed by atoms with E-state index in [9.17, 15) is 4.79 Å². The third-order valence-corrected chi connectivity index (χ3v) is 2.78. The molecular weight excluding hydrogens is 198 g/mol. The Balaban J connectivity index is 0. The monoisotopic (exact) mass is 229 g/mol. The molecule has 2 nitrogen and oxygen atoms in total. The van der Waals surface area contributed by atoms with E-state index in [0.29, 0.717) is 18.4 Å². The highest BCUT2D eigenvalue weighted by Crippen LogP contribution is 2.23. The molecule has 0 aromatic heterocycles. The zero-order valence-electron chi connectivity index (χ0n) is 12.1. The Bertz CT molecular complexity index is 157. The van der Waals surface area contributed by atoms with Crippen molar-refractivity contribution in [2.45, 2.75) is 79.7 Å². The highest BCUT2D eigenvalue weighted by molar-refractivity contribution is 5.75. The normalized spacial score (nSPS) is 23.1. The molecule has 1 aliphatic rings. The Labute approximate surface area is 102 Å². The quantitative estimate of drug-likeness (QED) is 0.757. The Hall–Kier alpha value is -0.530. The molecule has 1 rings (SSSR count). The van der Waals surface area contributed by atoms with Crippen LogP contribution in [0.5, 0.6) is 0 Å². The first-order valence-electron chi connectivity index (χ1n) is 7.03. The molecule has 0 spiro atoms. The number of hydrogen-bond acceptors (Lipinski definition) is 1. The lowest BCUT2D eigenvalue weighted by Crippen LogP contribution is -2.40. The molecule has 0 aromatic carbocycles. The summed E-state index contributed by atoms with van der Waals surface area (Å²) in [6.45, 7) is 12.1.